The van der Waals surface area contributed by atoms with Gasteiger partial charge in [-0.1, -0.05) is 0 Å². The van der Waals surface area contributed by atoms with Gasteiger partial charge in [0.2, 0.25) is 11.7 Å². The summed E-state index contributed by atoms with van der Waals surface area (Å²) in [6.45, 7) is 3.87. The second-order valence-electron chi connectivity index (χ2n) is 4.36. The molecule has 21 heavy (non-hydrogen) atoms. The highest BCUT2D eigenvalue weighted by molar-refractivity contribution is 5.84. The van der Waals surface area contributed by atoms with Crippen LogP contribution in [-0.4, -0.2) is 22.1 Å². The van der Waals surface area contributed by atoms with Crippen LogP contribution in [0.25, 0.3) is 0 Å². The van der Waals surface area contributed by atoms with E-state index in [1.54, 1.807) is 6.92 Å². The minimum absolute atomic E-state index is 0.0861. The summed E-state index contributed by atoms with van der Waals surface area (Å²) in [5.74, 6) is 0.166. The van der Waals surface area contributed by atoms with Crippen LogP contribution in [0.1, 0.15) is 33.7 Å². The highest BCUT2D eigenvalue weighted by atomic mass is 16.4. The van der Waals surface area contributed by atoms with E-state index < -0.39 is 12.0 Å². The standard InChI is InChI=1S/C13H15N3O5/c1-7-8(2)20-11(16-7)6-15-13(19)14-5-9-3-4-10(21-9)12(17)18/h3-4H,5-6H2,1-2H3,(H,17,18)(H2,14,15,19). The number of furan rings is 1. The summed E-state index contributed by atoms with van der Waals surface area (Å²) in [4.78, 5) is 26.3. The Morgan fingerprint density at radius 3 is 2.48 bits per heavy atom. The zero-order chi connectivity index (χ0) is 15.4. The summed E-state index contributed by atoms with van der Waals surface area (Å²) in [5, 5.41) is 13.8. The van der Waals surface area contributed by atoms with E-state index in [1.165, 1.54) is 12.1 Å². The van der Waals surface area contributed by atoms with E-state index in [1.807, 2.05) is 6.92 Å². The molecule has 112 valence electrons. The largest absolute Gasteiger partial charge is 0.475 e. The first kappa shape index (κ1) is 14.6. The minimum atomic E-state index is -1.15. The second kappa shape index (κ2) is 6.12. The number of oxazole rings is 1. The van der Waals surface area contributed by atoms with E-state index in [0.29, 0.717) is 17.4 Å². The Morgan fingerprint density at radius 1 is 1.19 bits per heavy atom. The fourth-order valence-corrected chi connectivity index (χ4v) is 1.59. The number of hydrogen-bond donors (Lipinski definition) is 3. The van der Waals surface area contributed by atoms with Crippen LogP contribution in [0.4, 0.5) is 4.79 Å². The Hall–Kier alpha value is -2.77. The first-order valence-electron chi connectivity index (χ1n) is 6.22. The van der Waals surface area contributed by atoms with Crippen molar-refractivity contribution in [3.05, 3.63) is 41.0 Å². The first-order chi connectivity index (χ1) is 9.95. The van der Waals surface area contributed by atoms with Gasteiger partial charge in [0.25, 0.3) is 0 Å². The Balaban J connectivity index is 1.77. The zero-order valence-corrected chi connectivity index (χ0v) is 11.6. The number of urea groups is 1. The average Bonchev–Trinajstić information content (AvgIpc) is 3.02. The molecule has 2 heterocycles. The number of nitrogens with zero attached hydrogens (tertiary/aromatic N) is 1. The van der Waals surface area contributed by atoms with Crippen LogP contribution < -0.4 is 10.6 Å². The molecule has 0 atom stereocenters. The van der Waals surface area contributed by atoms with Crippen LogP contribution >= 0.6 is 0 Å². The molecule has 0 aromatic carbocycles. The smallest absolute Gasteiger partial charge is 0.371 e. The average molecular weight is 293 g/mol. The molecular formula is C13H15N3O5. The van der Waals surface area contributed by atoms with E-state index in [4.69, 9.17) is 13.9 Å². The summed E-state index contributed by atoms with van der Waals surface area (Å²) in [6, 6.07) is 2.39. The molecule has 8 heteroatoms. The van der Waals surface area contributed by atoms with Crippen LogP contribution in [0.5, 0.6) is 0 Å². The summed E-state index contributed by atoms with van der Waals surface area (Å²) in [6.07, 6.45) is 0. The van der Waals surface area contributed by atoms with Crippen molar-refractivity contribution in [3.63, 3.8) is 0 Å². The number of carboxylic acid groups (broad SMARTS) is 1. The quantitative estimate of drug-likeness (QED) is 0.770. The van der Waals surface area contributed by atoms with Gasteiger partial charge in [-0.3, -0.25) is 0 Å². The van der Waals surface area contributed by atoms with Gasteiger partial charge in [0.1, 0.15) is 11.5 Å². The Kier molecular flexibility index (Phi) is 4.27. The molecule has 2 aromatic rings. The molecule has 0 saturated heterocycles. The molecule has 8 nitrogen and oxygen atoms in total. The van der Waals surface area contributed by atoms with Crippen LogP contribution in [0.2, 0.25) is 0 Å². The molecule has 0 saturated carbocycles. The number of rotatable bonds is 5. The molecule has 0 aliphatic carbocycles. The summed E-state index contributed by atoms with van der Waals surface area (Å²) in [5.41, 5.74) is 0.781. The van der Waals surface area contributed by atoms with Crippen molar-refractivity contribution in [2.75, 3.05) is 0 Å². The van der Waals surface area contributed by atoms with E-state index in [0.717, 1.165) is 5.69 Å². The molecule has 0 fully saturated rings. The molecule has 0 aliphatic rings. The molecule has 0 aliphatic heterocycles. The lowest BCUT2D eigenvalue weighted by molar-refractivity contribution is 0.0660. The highest BCUT2D eigenvalue weighted by Gasteiger charge is 2.10. The van der Waals surface area contributed by atoms with Crippen molar-refractivity contribution in [3.8, 4) is 0 Å². The normalized spacial score (nSPS) is 10.4. The van der Waals surface area contributed by atoms with Gasteiger partial charge < -0.3 is 24.6 Å². The molecule has 0 radical (unpaired) electrons. The van der Waals surface area contributed by atoms with E-state index in [-0.39, 0.29) is 18.8 Å². The van der Waals surface area contributed by atoms with E-state index in [2.05, 4.69) is 15.6 Å². The van der Waals surface area contributed by atoms with Gasteiger partial charge in [-0.25, -0.2) is 14.6 Å². The zero-order valence-electron chi connectivity index (χ0n) is 11.6. The maximum Gasteiger partial charge on any atom is 0.371 e. The van der Waals surface area contributed by atoms with Crippen LogP contribution in [0.15, 0.2) is 21.0 Å². The van der Waals surface area contributed by atoms with Crippen LogP contribution in [0.3, 0.4) is 0 Å². The van der Waals surface area contributed by atoms with Gasteiger partial charge in [0.15, 0.2) is 0 Å². The number of carbonyl (C=O) groups is 2. The minimum Gasteiger partial charge on any atom is -0.475 e. The van der Waals surface area contributed by atoms with E-state index >= 15 is 0 Å². The molecule has 2 aromatic heterocycles. The number of carboxylic acids is 1. The molecule has 0 spiro atoms. The molecule has 0 unspecified atom stereocenters. The van der Waals surface area contributed by atoms with Gasteiger partial charge in [-0.05, 0) is 26.0 Å². The van der Waals surface area contributed by atoms with Crippen molar-refractivity contribution in [1.29, 1.82) is 0 Å². The second-order valence-corrected chi connectivity index (χ2v) is 4.36. The van der Waals surface area contributed by atoms with Gasteiger partial charge >= 0.3 is 12.0 Å². The number of aryl methyl sites for hydroxylation is 2. The van der Waals surface area contributed by atoms with Gasteiger partial charge in [0.05, 0.1) is 18.8 Å². The lowest BCUT2D eigenvalue weighted by Gasteiger charge is -2.04. The van der Waals surface area contributed by atoms with Crippen molar-refractivity contribution in [2.45, 2.75) is 26.9 Å². The van der Waals surface area contributed by atoms with E-state index in [9.17, 15) is 9.59 Å². The van der Waals surface area contributed by atoms with Crippen molar-refractivity contribution in [1.82, 2.24) is 15.6 Å². The molecular weight excluding hydrogens is 278 g/mol. The lowest BCUT2D eigenvalue weighted by Crippen LogP contribution is -2.34. The third kappa shape index (κ3) is 3.85. The number of aromatic nitrogens is 1. The molecule has 2 amide bonds. The number of nitrogens with one attached hydrogen (secondary N) is 2. The van der Waals surface area contributed by atoms with Gasteiger partial charge in [-0.2, -0.15) is 0 Å². The lowest BCUT2D eigenvalue weighted by atomic mass is 10.4. The van der Waals surface area contributed by atoms with Gasteiger partial charge in [-0.15, -0.1) is 0 Å². The number of aromatic carboxylic acids is 1. The fourth-order valence-electron chi connectivity index (χ4n) is 1.59. The van der Waals surface area contributed by atoms with Crippen molar-refractivity contribution < 1.29 is 23.5 Å². The maximum absolute atomic E-state index is 11.6. The summed E-state index contributed by atoms with van der Waals surface area (Å²) < 4.78 is 10.3. The van der Waals surface area contributed by atoms with Crippen molar-refractivity contribution >= 4 is 12.0 Å². The fraction of sp³-hybridized carbons (Fsp3) is 0.308. The Labute approximate surface area is 120 Å². The van der Waals surface area contributed by atoms with Crippen molar-refractivity contribution in [2.24, 2.45) is 0 Å². The number of amides is 2. The number of carbonyl (C=O) groups excluding carboxylic acids is 1. The molecule has 2 rings (SSSR count). The number of hydrogen-bond acceptors (Lipinski definition) is 5. The topological polar surface area (TPSA) is 118 Å². The monoisotopic (exact) mass is 293 g/mol. The SMILES string of the molecule is Cc1nc(CNC(=O)NCc2ccc(C(=O)O)o2)oc1C. The Bertz CT molecular complexity index is 639. The molecule has 3 N–H and O–H groups in total. The maximum atomic E-state index is 11.6. The predicted molar refractivity (Wildman–Crippen MR) is 70.7 cm³/mol. The van der Waals surface area contributed by atoms with Crippen LogP contribution in [0, 0.1) is 13.8 Å². The van der Waals surface area contributed by atoms with Crippen LogP contribution in [-0.2, 0) is 13.1 Å². The third-order valence-electron chi connectivity index (χ3n) is 2.77. The highest BCUT2D eigenvalue weighted by Crippen LogP contribution is 2.08. The predicted octanol–water partition coefficient (Wildman–Crippen LogP) is 1.58. The first-order valence-corrected chi connectivity index (χ1v) is 6.22. The summed E-state index contributed by atoms with van der Waals surface area (Å²) in [7, 11) is 0. The Morgan fingerprint density at radius 2 is 1.90 bits per heavy atom. The molecule has 0 bridgehead atoms. The van der Waals surface area contributed by atoms with Gasteiger partial charge in [0, 0.05) is 0 Å². The third-order valence-corrected chi connectivity index (χ3v) is 2.77. The summed E-state index contributed by atoms with van der Waals surface area (Å²) >= 11 is 0.